The summed E-state index contributed by atoms with van der Waals surface area (Å²) >= 11 is 18.5. The molecule has 638 valence electrons. The van der Waals surface area contributed by atoms with Crippen molar-refractivity contribution in [2.75, 3.05) is 32.9 Å². The summed E-state index contributed by atoms with van der Waals surface area (Å²) in [4.78, 5) is 68.7. The SMILES string of the molecule is CC(C)N(c1ccncc1)c1nc(-c2ccccc2)nc2ccccc12.COc1ccc(CN(c2ccncc2)c2nc(-c3ccccc3)nc3ccccc23)cc1.Clc1cccc(-c2nc(NCc3ccccc3)c3ccccc3n2)c1.Clc1cccc(-c2nc(Nc3ccncc3)c3ccccc3n2)c1.Clc1ccccc1-c1nc(Nc2ccncc2)c2ccccc2n1. The van der Waals surface area contributed by atoms with E-state index >= 15 is 0 Å². The molecule has 21 aromatic rings. The van der Waals surface area contributed by atoms with Gasteiger partial charge in [0.1, 0.15) is 34.8 Å². The topological polar surface area (TPSA) is 232 Å². The molecule has 0 fully saturated rings. The summed E-state index contributed by atoms with van der Waals surface area (Å²) in [5.74, 6) is 8.25. The molecular weight excluding hydrogens is 1690 g/mol. The van der Waals surface area contributed by atoms with E-state index in [1.165, 1.54) is 5.56 Å². The van der Waals surface area contributed by atoms with Gasteiger partial charge in [-0.25, -0.2) is 49.8 Å². The van der Waals surface area contributed by atoms with Gasteiger partial charge in [0.15, 0.2) is 29.1 Å². The lowest BCUT2D eigenvalue weighted by Crippen LogP contribution is -2.27. The maximum Gasteiger partial charge on any atom is 0.163 e. The molecule has 23 heteroatoms. The number of anilines is 9. The Morgan fingerprint density at radius 3 is 1.14 bits per heavy atom. The molecule has 0 spiro atoms. The van der Waals surface area contributed by atoms with Crippen LogP contribution in [-0.2, 0) is 13.1 Å². The molecule has 9 aromatic heterocycles. The zero-order valence-electron chi connectivity index (χ0n) is 71.4. The molecule has 0 aliphatic rings. The van der Waals surface area contributed by atoms with Crippen LogP contribution >= 0.6 is 34.8 Å². The summed E-state index contributed by atoms with van der Waals surface area (Å²) in [6.45, 7) is 5.68. The first kappa shape index (κ1) is 86.7. The Kier molecular flexibility index (Phi) is 28.0. The van der Waals surface area contributed by atoms with E-state index in [1.54, 1.807) is 44.3 Å². The Labute approximate surface area is 772 Å². The summed E-state index contributed by atoms with van der Waals surface area (Å²) in [5, 5.41) is 17.0. The number of ether oxygens (including phenoxy) is 1. The summed E-state index contributed by atoms with van der Waals surface area (Å²) in [5.41, 5.74) is 15.3. The fourth-order valence-electron chi connectivity index (χ4n) is 14.6. The van der Waals surface area contributed by atoms with Crippen LogP contribution in [0.4, 0.5) is 51.8 Å². The Bertz CT molecular complexity index is 7410. The molecule has 0 unspecified atom stereocenters. The van der Waals surface area contributed by atoms with Crippen LogP contribution in [0.1, 0.15) is 25.0 Å². The number of benzene rings is 12. The molecule has 0 saturated carbocycles. The van der Waals surface area contributed by atoms with Gasteiger partial charge in [0.05, 0.1) is 39.7 Å². The predicted molar refractivity (Wildman–Crippen MR) is 533 cm³/mol. The minimum absolute atomic E-state index is 0.235. The van der Waals surface area contributed by atoms with Crippen molar-refractivity contribution in [1.29, 1.82) is 0 Å². The van der Waals surface area contributed by atoms with E-state index in [9.17, 15) is 0 Å². The molecule has 0 aliphatic heterocycles. The highest BCUT2D eigenvalue weighted by molar-refractivity contribution is 6.33. The maximum absolute atomic E-state index is 6.31. The lowest BCUT2D eigenvalue weighted by Gasteiger charge is -2.29. The number of pyridine rings is 4. The van der Waals surface area contributed by atoms with E-state index in [2.05, 4.69) is 106 Å². The monoisotopic (exact) mass is 1770 g/mol. The fraction of sp³-hybridized carbons (Fsp3) is 0.0556. The summed E-state index contributed by atoms with van der Waals surface area (Å²) in [7, 11) is 1.68. The highest BCUT2D eigenvalue weighted by Crippen LogP contribution is 2.39. The van der Waals surface area contributed by atoms with Crippen molar-refractivity contribution in [3.05, 3.63) is 434 Å². The van der Waals surface area contributed by atoms with Gasteiger partial charge in [0.25, 0.3) is 0 Å². The van der Waals surface area contributed by atoms with Crippen LogP contribution in [0.2, 0.25) is 15.1 Å². The van der Waals surface area contributed by atoms with Crippen LogP contribution in [0.3, 0.4) is 0 Å². The normalized spacial score (nSPS) is 10.8. The third kappa shape index (κ3) is 21.8. The molecular formula is C108H84Cl3N19O. The largest absolute Gasteiger partial charge is 0.497 e. The fourth-order valence-corrected chi connectivity index (χ4v) is 15.2. The van der Waals surface area contributed by atoms with E-state index in [0.717, 1.165) is 151 Å². The Balaban J connectivity index is 0.000000115. The summed E-state index contributed by atoms with van der Waals surface area (Å²) in [6, 6.07) is 117. The predicted octanol–water partition coefficient (Wildman–Crippen LogP) is 27.0. The Morgan fingerprint density at radius 1 is 0.305 bits per heavy atom. The molecule has 0 atom stereocenters. The van der Waals surface area contributed by atoms with E-state index in [4.69, 9.17) is 79.4 Å². The third-order valence-electron chi connectivity index (χ3n) is 20.9. The molecule has 0 aliphatic carbocycles. The van der Waals surface area contributed by atoms with Crippen molar-refractivity contribution in [1.82, 2.24) is 69.8 Å². The van der Waals surface area contributed by atoms with Crippen LogP contribution in [0.15, 0.2) is 407 Å². The zero-order chi connectivity index (χ0) is 89.5. The van der Waals surface area contributed by atoms with Gasteiger partial charge in [-0.3, -0.25) is 19.9 Å². The minimum atomic E-state index is 0.235. The van der Waals surface area contributed by atoms with Crippen molar-refractivity contribution in [3.8, 4) is 62.7 Å². The standard InChI is InChI=1S/C27H22N4O.C22H20N4.C21H16ClN3.2C19H13ClN4/c1-32-23-13-11-20(12-14-23)19-31(22-15-17-28-18-16-22)27-24-9-5-6-10-25(24)29-26(30-27)21-7-3-2-4-8-21;1-16(2)26(18-12-14-23-15-13-18)22-19-10-6-7-11-20(19)24-21(25-22)17-8-4-3-5-9-17;22-17-10-6-9-16(13-17)20-24-19-12-5-4-11-18(19)21(25-20)23-14-15-7-2-1-3-8-15;20-16-7-3-1-5-14(16)18-23-17-8-4-2-6-15(17)19(24-18)22-13-9-11-21-12-10-13;20-14-5-3-4-13(12-14)18-23-17-7-2-1-6-16(17)19(24-18)22-15-8-10-21-11-9-15/h2-18H,19H2,1H3;3-16H,1-2H3;1-13H,14H2,(H,23,24,25);2*1-12H,(H,21,22,23,24). The van der Waals surface area contributed by atoms with E-state index in [0.29, 0.717) is 51.5 Å². The highest BCUT2D eigenvalue weighted by atomic mass is 35.5. The second-order valence-corrected chi connectivity index (χ2v) is 31.4. The Morgan fingerprint density at radius 2 is 0.672 bits per heavy atom. The van der Waals surface area contributed by atoms with Crippen LogP contribution < -0.4 is 30.5 Å². The number of fused-ring (bicyclic) bond motifs is 5. The van der Waals surface area contributed by atoms with Gasteiger partial charge < -0.3 is 30.5 Å². The van der Waals surface area contributed by atoms with Gasteiger partial charge in [-0.2, -0.15) is 0 Å². The molecule has 0 bridgehead atoms. The molecule has 0 saturated heterocycles. The number of para-hydroxylation sites is 5. The van der Waals surface area contributed by atoms with Gasteiger partial charge in [0.2, 0.25) is 0 Å². The second kappa shape index (κ2) is 42.3. The lowest BCUT2D eigenvalue weighted by atomic mass is 10.1. The number of rotatable bonds is 20. The first-order valence-corrected chi connectivity index (χ1v) is 43.4. The number of hydrogen-bond donors (Lipinski definition) is 3. The zero-order valence-corrected chi connectivity index (χ0v) is 73.6. The number of nitrogens with zero attached hydrogens (tertiary/aromatic N) is 16. The molecule has 20 nitrogen and oxygen atoms in total. The van der Waals surface area contributed by atoms with Crippen molar-refractivity contribution in [2.24, 2.45) is 0 Å². The Hall–Kier alpha value is -16.4. The van der Waals surface area contributed by atoms with Crippen LogP contribution in [-0.4, -0.2) is 82.9 Å². The molecule has 9 heterocycles. The van der Waals surface area contributed by atoms with E-state index < -0.39 is 0 Å². The molecule has 3 N–H and O–H groups in total. The quantitative estimate of drug-likeness (QED) is 0.0643. The second-order valence-electron chi connectivity index (χ2n) is 30.1. The number of methoxy groups -OCH3 is 1. The number of nitrogens with one attached hydrogen (secondary N) is 3. The summed E-state index contributed by atoms with van der Waals surface area (Å²) in [6.07, 6.45) is 14.2. The van der Waals surface area contributed by atoms with Gasteiger partial charge in [-0.1, -0.05) is 235 Å². The van der Waals surface area contributed by atoms with Crippen LogP contribution in [0.25, 0.3) is 111 Å². The van der Waals surface area contributed by atoms with Crippen LogP contribution in [0, 0.1) is 0 Å². The number of hydrogen-bond acceptors (Lipinski definition) is 20. The minimum Gasteiger partial charge on any atom is -0.497 e. The highest BCUT2D eigenvalue weighted by Gasteiger charge is 2.23. The maximum atomic E-state index is 6.31. The molecule has 0 radical (unpaired) electrons. The van der Waals surface area contributed by atoms with Gasteiger partial charge in [-0.15, -0.1) is 0 Å². The summed E-state index contributed by atoms with van der Waals surface area (Å²) < 4.78 is 5.32. The lowest BCUT2D eigenvalue weighted by molar-refractivity contribution is 0.414. The average molecular weight is 1770 g/mol. The molecule has 12 aromatic carbocycles. The van der Waals surface area contributed by atoms with Gasteiger partial charge in [-0.05, 0) is 183 Å². The molecule has 21 rings (SSSR count). The number of aromatic nitrogens is 14. The first-order valence-electron chi connectivity index (χ1n) is 42.3. The first-order chi connectivity index (χ1) is 64.4. The van der Waals surface area contributed by atoms with Crippen molar-refractivity contribution in [3.63, 3.8) is 0 Å². The molecule has 0 amide bonds. The molecule has 131 heavy (non-hydrogen) atoms. The average Bonchev–Trinajstić information content (AvgIpc) is 0.773. The van der Waals surface area contributed by atoms with Gasteiger partial charge >= 0.3 is 0 Å². The third-order valence-corrected chi connectivity index (χ3v) is 21.7. The van der Waals surface area contributed by atoms with E-state index in [1.807, 2.05) is 334 Å². The van der Waals surface area contributed by atoms with Gasteiger partial charge in [0, 0.05) is 156 Å². The van der Waals surface area contributed by atoms with Crippen molar-refractivity contribution >= 4 is 141 Å². The smallest absolute Gasteiger partial charge is 0.163 e. The van der Waals surface area contributed by atoms with Crippen molar-refractivity contribution < 1.29 is 4.74 Å². The van der Waals surface area contributed by atoms with Crippen LogP contribution in [0.5, 0.6) is 5.75 Å². The van der Waals surface area contributed by atoms with Crippen molar-refractivity contribution in [2.45, 2.75) is 33.0 Å². The van der Waals surface area contributed by atoms with E-state index in [-0.39, 0.29) is 6.04 Å². The number of halogens is 3.